The summed E-state index contributed by atoms with van der Waals surface area (Å²) in [5.74, 6) is -1.22. The minimum absolute atomic E-state index is 0.126. The number of hydrogen-bond donors (Lipinski definition) is 2. The first kappa shape index (κ1) is 15.1. The van der Waals surface area contributed by atoms with Crippen LogP contribution in [-0.4, -0.2) is 17.1 Å². The normalized spacial score (nSPS) is 13.4. The van der Waals surface area contributed by atoms with Crippen LogP contribution in [0.3, 0.4) is 0 Å². The second kappa shape index (κ2) is 6.93. The van der Waals surface area contributed by atoms with Crippen molar-refractivity contribution in [3.63, 3.8) is 0 Å². The molecule has 0 aliphatic rings. The fraction of sp³-hybridized carbons (Fsp3) is 0.278. The van der Waals surface area contributed by atoms with Crippen LogP contribution in [0, 0.1) is 5.92 Å². The van der Waals surface area contributed by atoms with Gasteiger partial charge in [-0.2, -0.15) is 0 Å². The van der Waals surface area contributed by atoms with E-state index in [4.69, 9.17) is 5.11 Å². The zero-order valence-corrected chi connectivity index (χ0v) is 12.4. The van der Waals surface area contributed by atoms with Gasteiger partial charge in [0.1, 0.15) is 0 Å². The molecule has 3 heteroatoms. The minimum Gasteiger partial charge on any atom is -0.481 e. The second-order valence-corrected chi connectivity index (χ2v) is 5.38. The summed E-state index contributed by atoms with van der Waals surface area (Å²) >= 11 is 0. The zero-order valence-electron chi connectivity index (χ0n) is 12.4. The van der Waals surface area contributed by atoms with Gasteiger partial charge in [-0.3, -0.25) is 4.79 Å². The van der Waals surface area contributed by atoms with Crippen molar-refractivity contribution < 1.29 is 9.90 Å². The van der Waals surface area contributed by atoms with Gasteiger partial charge in [0.05, 0.1) is 5.92 Å². The van der Waals surface area contributed by atoms with Crippen LogP contribution in [0.1, 0.15) is 25.0 Å². The molecule has 0 saturated heterocycles. The fourth-order valence-corrected chi connectivity index (χ4v) is 2.22. The van der Waals surface area contributed by atoms with Crippen LogP contribution in [0.2, 0.25) is 0 Å². The maximum atomic E-state index is 11.1. The summed E-state index contributed by atoms with van der Waals surface area (Å²) in [6, 6.07) is 18.2. The molecule has 0 bridgehead atoms. The molecule has 21 heavy (non-hydrogen) atoms. The predicted molar refractivity (Wildman–Crippen MR) is 85.6 cm³/mol. The molecular weight excluding hydrogens is 262 g/mol. The third kappa shape index (κ3) is 4.09. The van der Waals surface area contributed by atoms with Crippen LogP contribution in [0.4, 0.5) is 5.69 Å². The number of carboxylic acids is 1. The third-order valence-electron chi connectivity index (χ3n) is 3.78. The number of anilines is 1. The number of para-hydroxylation sites is 1. The molecule has 0 aliphatic heterocycles. The molecule has 0 heterocycles. The van der Waals surface area contributed by atoms with E-state index in [1.54, 1.807) is 6.92 Å². The molecule has 2 unspecified atom stereocenters. The first-order valence-corrected chi connectivity index (χ1v) is 7.19. The molecular formula is C18H21NO2. The number of rotatable bonds is 6. The van der Waals surface area contributed by atoms with E-state index in [1.165, 1.54) is 11.1 Å². The Morgan fingerprint density at radius 1 is 1.05 bits per heavy atom. The molecule has 0 spiro atoms. The highest BCUT2D eigenvalue weighted by Gasteiger charge is 2.19. The van der Waals surface area contributed by atoms with Crippen molar-refractivity contribution in [3.05, 3.63) is 65.7 Å². The molecule has 110 valence electrons. The zero-order chi connectivity index (χ0) is 15.2. The maximum absolute atomic E-state index is 11.1. The van der Waals surface area contributed by atoms with Crippen LogP contribution in [0.15, 0.2) is 54.6 Å². The van der Waals surface area contributed by atoms with Crippen LogP contribution in [0.25, 0.3) is 0 Å². The van der Waals surface area contributed by atoms with Crippen molar-refractivity contribution in [2.45, 2.75) is 26.3 Å². The van der Waals surface area contributed by atoms with Gasteiger partial charge in [-0.25, -0.2) is 0 Å². The Balaban J connectivity index is 2.15. The van der Waals surface area contributed by atoms with Gasteiger partial charge in [0.2, 0.25) is 0 Å². The average Bonchev–Trinajstić information content (AvgIpc) is 2.49. The molecule has 2 aromatic carbocycles. The van der Waals surface area contributed by atoms with Crippen LogP contribution < -0.4 is 5.32 Å². The van der Waals surface area contributed by atoms with Crippen LogP contribution >= 0.6 is 0 Å². The maximum Gasteiger partial charge on any atom is 0.308 e. The van der Waals surface area contributed by atoms with Crippen molar-refractivity contribution in [2.24, 2.45) is 5.92 Å². The number of aliphatic carboxylic acids is 1. The molecule has 0 amide bonds. The Hall–Kier alpha value is -2.29. The van der Waals surface area contributed by atoms with E-state index in [9.17, 15) is 4.79 Å². The first-order valence-electron chi connectivity index (χ1n) is 7.19. The molecule has 0 aliphatic carbocycles. The molecule has 0 aromatic heterocycles. The van der Waals surface area contributed by atoms with Gasteiger partial charge < -0.3 is 10.4 Å². The van der Waals surface area contributed by atoms with Gasteiger partial charge >= 0.3 is 5.97 Å². The van der Waals surface area contributed by atoms with Crippen molar-refractivity contribution in [1.29, 1.82) is 0 Å². The summed E-state index contributed by atoms with van der Waals surface area (Å²) in [6.07, 6.45) is 0.832. The molecule has 2 atom stereocenters. The lowest BCUT2D eigenvalue weighted by Crippen LogP contribution is -2.30. The average molecular weight is 283 g/mol. The molecule has 2 rings (SSSR count). The van der Waals surface area contributed by atoms with Crippen LogP contribution in [-0.2, 0) is 11.2 Å². The van der Waals surface area contributed by atoms with E-state index >= 15 is 0 Å². The summed E-state index contributed by atoms with van der Waals surface area (Å²) in [4.78, 5) is 11.1. The van der Waals surface area contributed by atoms with E-state index in [1.807, 2.05) is 43.3 Å². The van der Waals surface area contributed by atoms with E-state index in [0.29, 0.717) is 0 Å². The molecule has 2 aromatic rings. The number of hydrogen-bond acceptors (Lipinski definition) is 2. The number of carbonyl (C=O) groups is 1. The van der Waals surface area contributed by atoms with Gasteiger partial charge in [0.15, 0.2) is 0 Å². The molecule has 0 saturated carbocycles. The Kier molecular flexibility index (Phi) is 4.99. The highest BCUT2D eigenvalue weighted by atomic mass is 16.4. The smallest absolute Gasteiger partial charge is 0.308 e. The van der Waals surface area contributed by atoms with Gasteiger partial charge in [0.25, 0.3) is 0 Å². The summed E-state index contributed by atoms with van der Waals surface area (Å²) in [6.45, 7) is 3.62. The fourth-order valence-electron chi connectivity index (χ4n) is 2.22. The van der Waals surface area contributed by atoms with Crippen molar-refractivity contribution in [1.82, 2.24) is 0 Å². The lowest BCUT2D eigenvalue weighted by molar-refractivity contribution is -0.141. The monoisotopic (exact) mass is 283 g/mol. The Bertz CT molecular complexity index is 595. The summed E-state index contributed by atoms with van der Waals surface area (Å²) in [5, 5.41) is 12.4. The molecule has 3 nitrogen and oxygen atoms in total. The standard InChI is InChI=1S/C18H21NO2/c1-13(18(20)21)14(2)19-17-11-7-6-10-16(17)12-15-8-4-3-5-9-15/h3-11,13-14,19H,12H2,1-2H3,(H,20,21). The Morgan fingerprint density at radius 3 is 2.33 bits per heavy atom. The highest BCUT2D eigenvalue weighted by molar-refractivity contribution is 5.71. The van der Waals surface area contributed by atoms with Crippen molar-refractivity contribution >= 4 is 11.7 Å². The number of benzene rings is 2. The third-order valence-corrected chi connectivity index (χ3v) is 3.78. The van der Waals surface area contributed by atoms with Gasteiger partial charge in [-0.15, -0.1) is 0 Å². The van der Waals surface area contributed by atoms with E-state index in [0.717, 1.165) is 12.1 Å². The summed E-state index contributed by atoms with van der Waals surface area (Å²) < 4.78 is 0. The number of carboxylic acid groups (broad SMARTS) is 1. The lowest BCUT2D eigenvalue weighted by Gasteiger charge is -2.21. The highest BCUT2D eigenvalue weighted by Crippen LogP contribution is 2.21. The minimum atomic E-state index is -0.782. The molecule has 0 fully saturated rings. The van der Waals surface area contributed by atoms with E-state index < -0.39 is 11.9 Å². The van der Waals surface area contributed by atoms with Crippen molar-refractivity contribution in [2.75, 3.05) is 5.32 Å². The molecule has 0 radical (unpaired) electrons. The summed E-state index contributed by atoms with van der Waals surface area (Å²) in [5.41, 5.74) is 3.42. The second-order valence-electron chi connectivity index (χ2n) is 5.38. The Morgan fingerprint density at radius 2 is 1.67 bits per heavy atom. The largest absolute Gasteiger partial charge is 0.481 e. The van der Waals surface area contributed by atoms with Crippen LogP contribution in [0.5, 0.6) is 0 Å². The molecule has 2 N–H and O–H groups in total. The van der Waals surface area contributed by atoms with Gasteiger partial charge in [0, 0.05) is 11.7 Å². The Labute approximate surface area is 125 Å². The van der Waals surface area contributed by atoms with Gasteiger partial charge in [-0.1, -0.05) is 48.5 Å². The van der Waals surface area contributed by atoms with Gasteiger partial charge in [-0.05, 0) is 37.5 Å². The summed E-state index contributed by atoms with van der Waals surface area (Å²) in [7, 11) is 0. The predicted octanol–water partition coefficient (Wildman–Crippen LogP) is 3.80. The SMILES string of the molecule is CC(Nc1ccccc1Cc1ccccc1)C(C)C(=O)O. The van der Waals surface area contributed by atoms with E-state index in [-0.39, 0.29) is 6.04 Å². The topological polar surface area (TPSA) is 49.3 Å². The van der Waals surface area contributed by atoms with E-state index in [2.05, 4.69) is 23.5 Å². The van der Waals surface area contributed by atoms with Crippen molar-refractivity contribution in [3.8, 4) is 0 Å². The lowest BCUT2D eigenvalue weighted by atomic mass is 10.0. The quantitative estimate of drug-likeness (QED) is 0.847. The first-order chi connectivity index (χ1) is 10.1. The number of nitrogens with one attached hydrogen (secondary N) is 1.